The summed E-state index contributed by atoms with van der Waals surface area (Å²) < 4.78 is 27.2. The molecule has 0 spiro atoms. The largest absolute Gasteiger partial charge is 0.313 e. The Bertz CT molecular complexity index is 323. The highest BCUT2D eigenvalue weighted by molar-refractivity contribution is 5.29. The third-order valence-electron chi connectivity index (χ3n) is 2.66. The van der Waals surface area contributed by atoms with E-state index >= 15 is 0 Å². The first-order valence-electron chi connectivity index (χ1n) is 4.77. The van der Waals surface area contributed by atoms with Crippen molar-refractivity contribution in [1.82, 2.24) is 5.32 Å². The van der Waals surface area contributed by atoms with E-state index in [1.807, 2.05) is 0 Å². The summed E-state index contributed by atoms with van der Waals surface area (Å²) in [6.07, 6.45) is 0.426. The van der Waals surface area contributed by atoms with Crippen LogP contribution in [0.15, 0.2) is 18.2 Å². The predicted octanol–water partition coefficient (Wildman–Crippen LogP) is 2.29. The number of halogens is 2. The quantitative estimate of drug-likeness (QED) is 0.728. The lowest BCUT2D eigenvalue weighted by atomic mass is 9.93. The lowest BCUT2D eigenvalue weighted by Gasteiger charge is -2.19. The van der Waals surface area contributed by atoms with Crippen LogP contribution in [0.3, 0.4) is 0 Å². The van der Waals surface area contributed by atoms with E-state index in [1.54, 1.807) is 13.0 Å². The molecule has 1 nitrogen and oxygen atoms in total. The van der Waals surface area contributed by atoms with Gasteiger partial charge in [-0.05, 0) is 43.1 Å². The molecule has 1 fully saturated rings. The topological polar surface area (TPSA) is 12.0 Å². The molecule has 76 valence electrons. The number of nitrogens with one attached hydrogen (secondary N) is 1. The molecule has 1 aromatic rings. The SMILES string of the molecule is Cc1cc(F)cc([C@@]2(F)CCNC2)c1. The van der Waals surface area contributed by atoms with Gasteiger partial charge in [-0.15, -0.1) is 0 Å². The van der Waals surface area contributed by atoms with E-state index in [9.17, 15) is 8.78 Å². The van der Waals surface area contributed by atoms with Crippen LogP contribution in [-0.4, -0.2) is 13.1 Å². The molecule has 1 aliphatic heterocycles. The summed E-state index contributed by atoms with van der Waals surface area (Å²) in [6, 6.07) is 4.42. The fraction of sp³-hybridized carbons (Fsp3) is 0.455. The molecule has 1 aromatic carbocycles. The third-order valence-corrected chi connectivity index (χ3v) is 2.66. The standard InChI is InChI=1S/C11H13F2N/c1-8-4-9(6-10(12)5-8)11(13)2-3-14-7-11/h4-6,14H,2-3,7H2,1H3/t11-/m1/s1. The summed E-state index contributed by atoms with van der Waals surface area (Å²) in [6.45, 7) is 2.72. The number of aryl methyl sites for hydroxylation is 1. The van der Waals surface area contributed by atoms with Crippen molar-refractivity contribution in [2.75, 3.05) is 13.1 Å². The van der Waals surface area contributed by atoms with Crippen molar-refractivity contribution in [3.05, 3.63) is 35.1 Å². The summed E-state index contributed by atoms with van der Waals surface area (Å²) in [5.74, 6) is -0.357. The Hall–Kier alpha value is -0.960. The number of rotatable bonds is 1. The van der Waals surface area contributed by atoms with Gasteiger partial charge in [-0.3, -0.25) is 0 Å². The van der Waals surface area contributed by atoms with Gasteiger partial charge in [0.25, 0.3) is 0 Å². The normalized spacial score (nSPS) is 26.8. The molecule has 0 unspecified atom stereocenters. The molecule has 0 aliphatic carbocycles. The minimum absolute atomic E-state index is 0.288. The fourth-order valence-electron chi connectivity index (χ4n) is 1.90. The Labute approximate surface area is 82.1 Å². The maximum absolute atomic E-state index is 14.2. The van der Waals surface area contributed by atoms with E-state index < -0.39 is 5.67 Å². The maximum atomic E-state index is 14.2. The Morgan fingerprint density at radius 2 is 2.14 bits per heavy atom. The van der Waals surface area contributed by atoms with Gasteiger partial charge in [0.1, 0.15) is 11.5 Å². The van der Waals surface area contributed by atoms with Gasteiger partial charge in [0.2, 0.25) is 0 Å². The second-order valence-corrected chi connectivity index (χ2v) is 3.91. The second-order valence-electron chi connectivity index (χ2n) is 3.91. The second kappa shape index (κ2) is 3.31. The third kappa shape index (κ3) is 1.64. The van der Waals surface area contributed by atoms with E-state index in [0.717, 1.165) is 5.56 Å². The molecule has 14 heavy (non-hydrogen) atoms. The van der Waals surface area contributed by atoms with Crippen molar-refractivity contribution in [3.8, 4) is 0 Å². The van der Waals surface area contributed by atoms with Crippen LogP contribution in [0.2, 0.25) is 0 Å². The smallest absolute Gasteiger partial charge is 0.149 e. The van der Waals surface area contributed by atoms with Crippen molar-refractivity contribution in [2.24, 2.45) is 0 Å². The molecule has 0 amide bonds. The zero-order chi connectivity index (χ0) is 10.2. The van der Waals surface area contributed by atoms with Gasteiger partial charge >= 0.3 is 0 Å². The summed E-state index contributed by atoms with van der Waals surface area (Å²) in [5, 5.41) is 2.95. The van der Waals surface area contributed by atoms with Crippen molar-refractivity contribution in [3.63, 3.8) is 0 Å². The average Bonchev–Trinajstić information content (AvgIpc) is 2.52. The van der Waals surface area contributed by atoms with Crippen molar-refractivity contribution >= 4 is 0 Å². The first kappa shape index (κ1) is 9.59. The van der Waals surface area contributed by atoms with Crippen LogP contribution in [-0.2, 0) is 5.67 Å². The lowest BCUT2D eigenvalue weighted by molar-refractivity contribution is 0.192. The Morgan fingerprint density at radius 1 is 1.36 bits per heavy atom. The first-order valence-corrected chi connectivity index (χ1v) is 4.77. The molecule has 1 saturated heterocycles. The molecule has 0 radical (unpaired) electrons. The van der Waals surface area contributed by atoms with Crippen LogP contribution >= 0.6 is 0 Å². The molecular formula is C11H13F2N. The molecular weight excluding hydrogens is 184 g/mol. The van der Waals surface area contributed by atoms with Crippen molar-refractivity contribution < 1.29 is 8.78 Å². The Morgan fingerprint density at radius 3 is 2.71 bits per heavy atom. The Kier molecular flexibility index (Phi) is 2.27. The Balaban J connectivity index is 2.40. The van der Waals surface area contributed by atoms with Crippen LogP contribution in [0.1, 0.15) is 17.5 Å². The van der Waals surface area contributed by atoms with Crippen LogP contribution in [0, 0.1) is 12.7 Å². The summed E-state index contributed by atoms with van der Waals surface area (Å²) in [4.78, 5) is 0. The van der Waals surface area contributed by atoms with E-state index in [2.05, 4.69) is 5.32 Å². The zero-order valence-corrected chi connectivity index (χ0v) is 8.11. The van der Waals surface area contributed by atoms with Gasteiger partial charge in [0, 0.05) is 6.54 Å². The van der Waals surface area contributed by atoms with Gasteiger partial charge in [0.15, 0.2) is 0 Å². The molecule has 3 heteroatoms. The van der Waals surface area contributed by atoms with Crippen LogP contribution in [0.4, 0.5) is 8.78 Å². The van der Waals surface area contributed by atoms with Gasteiger partial charge < -0.3 is 5.32 Å². The highest BCUT2D eigenvalue weighted by atomic mass is 19.1. The summed E-state index contributed by atoms with van der Waals surface area (Å²) >= 11 is 0. The van der Waals surface area contributed by atoms with Crippen LogP contribution < -0.4 is 5.32 Å². The van der Waals surface area contributed by atoms with E-state index in [-0.39, 0.29) is 12.4 Å². The summed E-state index contributed by atoms with van der Waals surface area (Å²) in [5.41, 5.74) is -0.156. The lowest BCUT2D eigenvalue weighted by Crippen LogP contribution is -2.23. The highest BCUT2D eigenvalue weighted by Crippen LogP contribution is 2.32. The minimum Gasteiger partial charge on any atom is -0.313 e. The molecule has 0 bridgehead atoms. The summed E-state index contributed by atoms with van der Waals surface area (Å²) in [7, 11) is 0. The molecule has 0 saturated carbocycles. The molecule has 1 aliphatic rings. The average molecular weight is 197 g/mol. The predicted molar refractivity (Wildman–Crippen MR) is 51.4 cm³/mol. The van der Waals surface area contributed by atoms with Gasteiger partial charge in [-0.1, -0.05) is 6.07 Å². The van der Waals surface area contributed by atoms with Crippen LogP contribution in [0.25, 0.3) is 0 Å². The number of hydrogen-bond donors (Lipinski definition) is 1. The molecule has 0 aromatic heterocycles. The molecule has 1 heterocycles. The van der Waals surface area contributed by atoms with Gasteiger partial charge in [-0.2, -0.15) is 0 Å². The van der Waals surface area contributed by atoms with E-state index in [4.69, 9.17) is 0 Å². The number of alkyl halides is 1. The zero-order valence-electron chi connectivity index (χ0n) is 8.11. The van der Waals surface area contributed by atoms with Gasteiger partial charge in [-0.25, -0.2) is 8.78 Å². The minimum atomic E-state index is -1.38. The van der Waals surface area contributed by atoms with Crippen molar-refractivity contribution in [1.29, 1.82) is 0 Å². The fourth-order valence-corrected chi connectivity index (χ4v) is 1.90. The van der Waals surface area contributed by atoms with Gasteiger partial charge in [0.05, 0.1) is 0 Å². The van der Waals surface area contributed by atoms with E-state index in [0.29, 0.717) is 18.5 Å². The van der Waals surface area contributed by atoms with Crippen LogP contribution in [0.5, 0.6) is 0 Å². The number of hydrogen-bond acceptors (Lipinski definition) is 1. The molecule has 2 rings (SSSR count). The maximum Gasteiger partial charge on any atom is 0.149 e. The molecule has 1 atom stereocenters. The molecule has 1 N–H and O–H groups in total. The van der Waals surface area contributed by atoms with E-state index in [1.165, 1.54) is 12.1 Å². The highest BCUT2D eigenvalue weighted by Gasteiger charge is 2.35. The first-order chi connectivity index (χ1) is 6.60. The number of benzene rings is 1. The van der Waals surface area contributed by atoms with Crippen molar-refractivity contribution in [2.45, 2.75) is 19.0 Å². The monoisotopic (exact) mass is 197 g/mol.